The van der Waals surface area contributed by atoms with E-state index < -0.39 is 11.8 Å². The fourth-order valence-corrected chi connectivity index (χ4v) is 1.61. The summed E-state index contributed by atoms with van der Waals surface area (Å²) < 4.78 is 13.7. The van der Waals surface area contributed by atoms with Gasteiger partial charge >= 0.3 is 5.97 Å². The van der Waals surface area contributed by atoms with Gasteiger partial charge in [0.15, 0.2) is 5.82 Å². The lowest BCUT2D eigenvalue weighted by Gasteiger charge is -2.06. The summed E-state index contributed by atoms with van der Waals surface area (Å²) in [6, 6.07) is 2.80. The number of halogens is 3. The van der Waals surface area contributed by atoms with E-state index in [-0.39, 0.29) is 16.2 Å². The maximum Gasteiger partial charge on any atom is 0.335 e. The normalized spacial score (nSPS) is 9.93. The zero-order valence-corrected chi connectivity index (χ0v) is 9.19. The lowest BCUT2D eigenvalue weighted by molar-refractivity contribution is -0.130. The van der Waals surface area contributed by atoms with Crippen LogP contribution in [-0.4, -0.2) is 11.1 Å². The predicted molar refractivity (Wildman–Crippen MR) is 55.8 cm³/mol. The molecule has 74 valence electrons. The summed E-state index contributed by atoms with van der Waals surface area (Å²) in [5.74, 6) is -2.07. The van der Waals surface area contributed by atoms with Gasteiger partial charge in [-0.3, -0.25) is 0 Å². The molecule has 0 aliphatic rings. The first-order valence-electron chi connectivity index (χ1n) is 3.51. The molecular weight excluding hydrogens is 274 g/mol. The number of hydrogen-bond donors (Lipinski definition) is 1. The van der Waals surface area contributed by atoms with E-state index in [0.717, 1.165) is 0 Å². The van der Waals surface area contributed by atoms with E-state index in [0.29, 0.717) is 4.47 Å². The molecule has 0 bridgehead atoms. The summed E-state index contributed by atoms with van der Waals surface area (Å²) in [6.45, 7) is 3.26. The maximum absolute atomic E-state index is 13.4. The van der Waals surface area contributed by atoms with Gasteiger partial charge in [-0.2, -0.15) is 0 Å². The van der Waals surface area contributed by atoms with Gasteiger partial charge in [-0.15, -0.1) is 0 Å². The molecule has 5 heteroatoms. The Morgan fingerprint density at radius 1 is 1.57 bits per heavy atom. The first-order valence-corrected chi connectivity index (χ1v) is 4.68. The molecule has 1 rings (SSSR count). The molecule has 0 saturated carbocycles. The number of rotatable bonds is 2. The molecule has 0 aliphatic carbocycles. The molecule has 0 amide bonds. The number of carboxylic acids is 1. The molecule has 1 aromatic carbocycles. The molecule has 0 aromatic heterocycles. The smallest absolute Gasteiger partial charge is 0.335 e. The third-order valence-electron chi connectivity index (χ3n) is 1.60. The van der Waals surface area contributed by atoms with E-state index in [4.69, 9.17) is 16.7 Å². The third-order valence-corrected chi connectivity index (χ3v) is 2.56. The van der Waals surface area contributed by atoms with Crippen LogP contribution in [0.3, 0.4) is 0 Å². The van der Waals surface area contributed by atoms with Crippen molar-refractivity contribution in [3.05, 3.63) is 39.6 Å². The van der Waals surface area contributed by atoms with E-state index in [1.807, 2.05) is 0 Å². The SMILES string of the molecule is C=C(C(=O)O)c1c(Br)ccc(Cl)c1F. The topological polar surface area (TPSA) is 37.3 Å². The van der Waals surface area contributed by atoms with Gasteiger partial charge in [0.05, 0.1) is 10.6 Å². The Morgan fingerprint density at radius 3 is 2.64 bits per heavy atom. The number of benzene rings is 1. The minimum atomic E-state index is -1.29. The minimum Gasteiger partial charge on any atom is -0.478 e. The number of carbonyl (C=O) groups is 1. The fourth-order valence-electron chi connectivity index (χ4n) is 0.911. The molecule has 0 fully saturated rings. The van der Waals surface area contributed by atoms with Crippen LogP contribution in [0.25, 0.3) is 5.57 Å². The highest BCUT2D eigenvalue weighted by Gasteiger charge is 2.18. The predicted octanol–water partition coefficient (Wildman–Crippen LogP) is 3.34. The molecule has 0 radical (unpaired) electrons. The molecule has 0 saturated heterocycles. The van der Waals surface area contributed by atoms with Gasteiger partial charge in [-0.1, -0.05) is 34.1 Å². The van der Waals surface area contributed by atoms with Crippen molar-refractivity contribution in [3.63, 3.8) is 0 Å². The highest BCUT2D eigenvalue weighted by Crippen LogP contribution is 2.30. The maximum atomic E-state index is 13.4. The lowest BCUT2D eigenvalue weighted by Crippen LogP contribution is -2.01. The van der Waals surface area contributed by atoms with Crippen LogP contribution >= 0.6 is 27.5 Å². The van der Waals surface area contributed by atoms with Crippen molar-refractivity contribution in [1.29, 1.82) is 0 Å². The molecule has 0 atom stereocenters. The van der Waals surface area contributed by atoms with Gasteiger partial charge in [-0.25, -0.2) is 9.18 Å². The third kappa shape index (κ3) is 1.96. The zero-order valence-electron chi connectivity index (χ0n) is 6.85. The Bertz CT molecular complexity index is 418. The summed E-state index contributed by atoms with van der Waals surface area (Å²) in [7, 11) is 0. The second-order valence-electron chi connectivity index (χ2n) is 2.50. The molecule has 0 heterocycles. The number of carboxylic acid groups (broad SMARTS) is 1. The Hall–Kier alpha value is -0.870. The van der Waals surface area contributed by atoms with E-state index in [9.17, 15) is 9.18 Å². The summed E-state index contributed by atoms with van der Waals surface area (Å²) in [4.78, 5) is 10.6. The Kier molecular flexibility index (Phi) is 3.29. The molecule has 14 heavy (non-hydrogen) atoms. The van der Waals surface area contributed by atoms with Gasteiger partial charge in [-0.05, 0) is 12.1 Å². The van der Waals surface area contributed by atoms with Gasteiger partial charge in [0.25, 0.3) is 0 Å². The van der Waals surface area contributed by atoms with Gasteiger partial charge in [0.2, 0.25) is 0 Å². The molecular formula is C9H5BrClFO2. The highest BCUT2D eigenvalue weighted by molar-refractivity contribution is 9.10. The summed E-state index contributed by atoms with van der Waals surface area (Å²) in [5, 5.41) is 8.51. The van der Waals surface area contributed by atoms with Crippen molar-refractivity contribution in [2.24, 2.45) is 0 Å². The van der Waals surface area contributed by atoms with Crippen LogP contribution in [0.1, 0.15) is 5.56 Å². The first kappa shape index (κ1) is 11.2. The Balaban J connectivity index is 3.40. The van der Waals surface area contributed by atoms with Crippen molar-refractivity contribution in [1.82, 2.24) is 0 Å². The van der Waals surface area contributed by atoms with Gasteiger partial charge in [0, 0.05) is 10.0 Å². The van der Waals surface area contributed by atoms with Crippen molar-refractivity contribution in [3.8, 4) is 0 Å². The molecule has 1 N–H and O–H groups in total. The fraction of sp³-hybridized carbons (Fsp3) is 0. The van der Waals surface area contributed by atoms with Crippen LogP contribution in [-0.2, 0) is 4.79 Å². The van der Waals surface area contributed by atoms with E-state index in [1.54, 1.807) is 0 Å². The lowest BCUT2D eigenvalue weighted by atomic mass is 10.1. The molecule has 1 aromatic rings. The first-order chi connectivity index (χ1) is 6.45. The molecule has 2 nitrogen and oxygen atoms in total. The van der Waals surface area contributed by atoms with E-state index in [1.165, 1.54) is 12.1 Å². The van der Waals surface area contributed by atoms with Crippen molar-refractivity contribution in [2.75, 3.05) is 0 Å². The monoisotopic (exact) mass is 278 g/mol. The Morgan fingerprint density at radius 2 is 2.14 bits per heavy atom. The largest absolute Gasteiger partial charge is 0.478 e. The quantitative estimate of drug-likeness (QED) is 0.666. The molecule has 0 unspecified atom stereocenters. The molecule has 0 spiro atoms. The summed E-state index contributed by atoms with van der Waals surface area (Å²) in [5.41, 5.74) is -0.457. The second kappa shape index (κ2) is 4.11. The van der Waals surface area contributed by atoms with Crippen LogP contribution in [0.5, 0.6) is 0 Å². The van der Waals surface area contributed by atoms with Gasteiger partial charge < -0.3 is 5.11 Å². The van der Waals surface area contributed by atoms with Crippen molar-refractivity contribution >= 4 is 39.1 Å². The van der Waals surface area contributed by atoms with Crippen molar-refractivity contribution in [2.45, 2.75) is 0 Å². The summed E-state index contributed by atoms with van der Waals surface area (Å²) >= 11 is 8.53. The second-order valence-corrected chi connectivity index (χ2v) is 3.76. The van der Waals surface area contributed by atoms with Crippen LogP contribution < -0.4 is 0 Å². The van der Waals surface area contributed by atoms with Crippen LogP contribution in [0, 0.1) is 5.82 Å². The van der Waals surface area contributed by atoms with Crippen LogP contribution in [0.15, 0.2) is 23.2 Å². The summed E-state index contributed by atoms with van der Waals surface area (Å²) in [6.07, 6.45) is 0. The van der Waals surface area contributed by atoms with Gasteiger partial charge in [0.1, 0.15) is 0 Å². The highest BCUT2D eigenvalue weighted by atomic mass is 79.9. The van der Waals surface area contributed by atoms with Crippen LogP contribution in [0.2, 0.25) is 5.02 Å². The average Bonchev–Trinajstić information content (AvgIpc) is 2.12. The molecule has 0 aliphatic heterocycles. The van der Waals surface area contributed by atoms with E-state index in [2.05, 4.69) is 22.5 Å². The zero-order chi connectivity index (χ0) is 10.9. The van der Waals surface area contributed by atoms with E-state index >= 15 is 0 Å². The average molecular weight is 279 g/mol. The van der Waals surface area contributed by atoms with Crippen molar-refractivity contribution < 1.29 is 14.3 Å². The number of hydrogen-bond acceptors (Lipinski definition) is 1. The Labute approximate surface area is 93.1 Å². The van der Waals surface area contributed by atoms with Crippen LogP contribution in [0.4, 0.5) is 4.39 Å². The number of aliphatic carboxylic acids is 1. The standard InChI is InChI=1S/C9H5BrClFO2/c1-4(9(13)14)7-5(10)2-3-6(11)8(7)12/h2-3H,1H2,(H,13,14). The minimum absolute atomic E-state index is 0.120.